The molecule has 6 heteroatoms. The van der Waals surface area contributed by atoms with Crippen LogP contribution in [0.15, 0.2) is 35.5 Å². The molecule has 2 aromatic rings. The molecule has 1 fully saturated rings. The topological polar surface area (TPSA) is 51.0 Å². The number of carbonyl (C=O) groups is 1. The predicted octanol–water partition coefficient (Wildman–Crippen LogP) is 4.24. The highest BCUT2D eigenvalue weighted by Crippen LogP contribution is 2.26. The van der Waals surface area contributed by atoms with Gasteiger partial charge in [-0.3, -0.25) is 4.79 Å². The van der Waals surface area contributed by atoms with E-state index in [1.54, 1.807) is 0 Å². The summed E-state index contributed by atoms with van der Waals surface area (Å²) in [5, 5.41) is 9.51. The highest BCUT2D eigenvalue weighted by atomic mass is 32.2. The summed E-state index contributed by atoms with van der Waals surface area (Å²) in [6, 6.07) is 10.5. The van der Waals surface area contributed by atoms with Gasteiger partial charge in [-0.25, -0.2) is 0 Å². The normalized spacial score (nSPS) is 15.2. The van der Waals surface area contributed by atoms with Gasteiger partial charge in [-0.2, -0.15) is 0 Å². The quantitative estimate of drug-likeness (QED) is 0.682. The summed E-state index contributed by atoms with van der Waals surface area (Å²) >= 11 is 1.50. The highest BCUT2D eigenvalue weighted by molar-refractivity contribution is 7.99. The van der Waals surface area contributed by atoms with Crippen LogP contribution in [0.1, 0.15) is 46.0 Å². The first-order valence-electron chi connectivity index (χ1n) is 9.65. The van der Waals surface area contributed by atoms with Crippen LogP contribution in [-0.2, 0) is 11.3 Å². The fraction of sp³-hybridized carbons (Fsp3) is 0.550. The van der Waals surface area contributed by atoms with Crippen molar-refractivity contribution in [1.29, 1.82) is 0 Å². The summed E-state index contributed by atoms with van der Waals surface area (Å²) in [7, 11) is 0. The van der Waals surface area contributed by atoms with Crippen molar-refractivity contribution >= 4 is 17.7 Å². The minimum atomic E-state index is 0.219. The number of aromatic nitrogens is 3. The largest absolute Gasteiger partial charge is 0.339 e. The Kier molecular flexibility index (Phi) is 6.72. The number of hydrogen-bond acceptors (Lipinski definition) is 4. The maximum absolute atomic E-state index is 12.8. The third-order valence-electron chi connectivity index (χ3n) is 5.07. The molecule has 1 aromatic carbocycles. The second kappa shape index (κ2) is 9.21. The van der Waals surface area contributed by atoms with E-state index in [-0.39, 0.29) is 5.91 Å². The summed E-state index contributed by atoms with van der Waals surface area (Å²) < 4.78 is 2.09. The molecule has 0 N–H and O–H groups in total. The van der Waals surface area contributed by atoms with E-state index in [9.17, 15) is 4.79 Å². The second-order valence-electron chi connectivity index (χ2n) is 6.68. The summed E-state index contributed by atoms with van der Waals surface area (Å²) in [6.07, 6.45) is 6.08. The van der Waals surface area contributed by atoms with Gasteiger partial charge < -0.3 is 9.47 Å². The number of amides is 1. The van der Waals surface area contributed by atoms with Crippen LogP contribution in [0.3, 0.4) is 0 Å². The van der Waals surface area contributed by atoms with E-state index in [4.69, 9.17) is 0 Å². The predicted molar refractivity (Wildman–Crippen MR) is 106 cm³/mol. The van der Waals surface area contributed by atoms with E-state index in [2.05, 4.69) is 33.5 Å². The molecule has 1 amide bonds. The number of benzene rings is 1. The Morgan fingerprint density at radius 3 is 2.54 bits per heavy atom. The molecule has 0 saturated heterocycles. The van der Waals surface area contributed by atoms with Gasteiger partial charge in [-0.1, -0.05) is 61.4 Å². The second-order valence-corrected chi connectivity index (χ2v) is 7.62. The Morgan fingerprint density at radius 1 is 1.15 bits per heavy atom. The Bertz CT molecular complexity index is 710. The van der Waals surface area contributed by atoms with Gasteiger partial charge in [0.05, 0.1) is 5.75 Å². The Hall–Kier alpha value is -1.82. The molecule has 0 spiro atoms. The van der Waals surface area contributed by atoms with Gasteiger partial charge in [0.2, 0.25) is 5.91 Å². The number of hydrogen-bond donors (Lipinski definition) is 0. The lowest BCUT2D eigenvalue weighted by atomic mass is 9.94. The number of carbonyl (C=O) groups excluding carboxylic acids is 1. The Balaban J connectivity index is 1.67. The van der Waals surface area contributed by atoms with Crippen molar-refractivity contribution in [3.05, 3.63) is 30.3 Å². The zero-order valence-electron chi connectivity index (χ0n) is 15.7. The van der Waals surface area contributed by atoms with Crippen LogP contribution in [0.2, 0.25) is 0 Å². The van der Waals surface area contributed by atoms with Crippen LogP contribution < -0.4 is 0 Å². The smallest absolute Gasteiger partial charge is 0.233 e. The average molecular weight is 373 g/mol. The summed E-state index contributed by atoms with van der Waals surface area (Å²) in [4.78, 5) is 14.8. The lowest BCUT2D eigenvalue weighted by Crippen LogP contribution is -2.42. The zero-order valence-corrected chi connectivity index (χ0v) is 16.5. The summed E-state index contributed by atoms with van der Waals surface area (Å²) in [5.74, 6) is 1.51. The molecule has 1 aliphatic rings. The average Bonchev–Trinajstić information content (AvgIpc) is 3.11. The maximum Gasteiger partial charge on any atom is 0.233 e. The third-order valence-corrected chi connectivity index (χ3v) is 6.02. The minimum absolute atomic E-state index is 0.219. The van der Waals surface area contributed by atoms with Gasteiger partial charge >= 0.3 is 0 Å². The van der Waals surface area contributed by atoms with Crippen molar-refractivity contribution in [3.63, 3.8) is 0 Å². The van der Waals surface area contributed by atoms with Crippen LogP contribution in [0.4, 0.5) is 0 Å². The van der Waals surface area contributed by atoms with E-state index < -0.39 is 0 Å². The van der Waals surface area contributed by atoms with Crippen molar-refractivity contribution in [3.8, 4) is 11.4 Å². The lowest BCUT2D eigenvalue weighted by Gasteiger charge is -2.33. The van der Waals surface area contributed by atoms with Crippen LogP contribution >= 0.6 is 11.8 Å². The van der Waals surface area contributed by atoms with Gasteiger partial charge in [-0.15, -0.1) is 10.2 Å². The molecule has 0 atom stereocenters. The summed E-state index contributed by atoms with van der Waals surface area (Å²) in [6.45, 7) is 5.74. The van der Waals surface area contributed by atoms with E-state index >= 15 is 0 Å². The minimum Gasteiger partial charge on any atom is -0.339 e. The molecule has 1 aliphatic carbocycles. The van der Waals surface area contributed by atoms with Gasteiger partial charge in [0.25, 0.3) is 0 Å². The molecule has 26 heavy (non-hydrogen) atoms. The van der Waals surface area contributed by atoms with Gasteiger partial charge in [0.1, 0.15) is 0 Å². The van der Waals surface area contributed by atoms with Gasteiger partial charge in [0.15, 0.2) is 11.0 Å². The molecular formula is C20H28N4OS. The van der Waals surface area contributed by atoms with E-state index in [1.165, 1.54) is 31.0 Å². The SMILES string of the molecule is CCN(C(=O)CSc1nnc(-c2ccccc2)n1CC)C1CCCCC1. The molecule has 1 heterocycles. The molecule has 1 saturated carbocycles. The first-order chi connectivity index (χ1) is 12.7. The molecule has 140 valence electrons. The molecular weight excluding hydrogens is 344 g/mol. The highest BCUT2D eigenvalue weighted by Gasteiger charge is 2.24. The fourth-order valence-electron chi connectivity index (χ4n) is 3.72. The number of rotatable bonds is 7. The third kappa shape index (κ3) is 4.29. The first-order valence-corrected chi connectivity index (χ1v) is 10.6. The number of thioether (sulfide) groups is 1. The van der Waals surface area contributed by atoms with Crippen LogP contribution in [-0.4, -0.2) is 43.9 Å². The molecule has 3 rings (SSSR count). The molecule has 0 bridgehead atoms. The van der Waals surface area contributed by atoms with Crippen molar-refractivity contribution < 1.29 is 4.79 Å². The van der Waals surface area contributed by atoms with Crippen LogP contribution in [0.25, 0.3) is 11.4 Å². The molecule has 1 aromatic heterocycles. The number of nitrogens with zero attached hydrogens (tertiary/aromatic N) is 4. The summed E-state index contributed by atoms with van der Waals surface area (Å²) in [5.41, 5.74) is 1.05. The molecule has 5 nitrogen and oxygen atoms in total. The zero-order chi connectivity index (χ0) is 18.4. The van der Waals surface area contributed by atoms with Crippen LogP contribution in [0.5, 0.6) is 0 Å². The van der Waals surface area contributed by atoms with Gasteiger partial charge in [-0.05, 0) is 26.7 Å². The fourth-order valence-corrected chi connectivity index (χ4v) is 4.61. The Morgan fingerprint density at radius 2 is 1.88 bits per heavy atom. The van der Waals surface area contributed by atoms with Crippen molar-refractivity contribution in [2.75, 3.05) is 12.3 Å². The maximum atomic E-state index is 12.8. The molecule has 0 radical (unpaired) electrons. The monoisotopic (exact) mass is 372 g/mol. The molecule has 0 unspecified atom stereocenters. The van der Waals surface area contributed by atoms with Crippen LogP contribution in [0, 0.1) is 0 Å². The van der Waals surface area contributed by atoms with Crippen molar-refractivity contribution in [2.24, 2.45) is 0 Å². The standard InChI is InChI=1S/C20H28N4OS/c1-3-23(17-13-9-6-10-14-17)18(25)15-26-20-22-21-19(24(20)4-2)16-11-7-5-8-12-16/h5,7-8,11-12,17H,3-4,6,9-10,13-15H2,1-2H3. The molecule has 0 aliphatic heterocycles. The Labute approximate surface area is 160 Å². The van der Waals surface area contributed by atoms with Gasteiger partial charge in [0, 0.05) is 24.7 Å². The van der Waals surface area contributed by atoms with Crippen molar-refractivity contribution in [2.45, 2.75) is 63.7 Å². The van der Waals surface area contributed by atoms with E-state index in [0.29, 0.717) is 11.8 Å². The van der Waals surface area contributed by atoms with E-state index in [0.717, 1.165) is 42.5 Å². The first kappa shape index (κ1) is 19.0. The van der Waals surface area contributed by atoms with E-state index in [1.807, 2.05) is 30.3 Å². The lowest BCUT2D eigenvalue weighted by molar-refractivity contribution is -0.131. The van der Waals surface area contributed by atoms with Crippen molar-refractivity contribution in [1.82, 2.24) is 19.7 Å².